The zero-order valence-electron chi connectivity index (χ0n) is 65.0. The van der Waals surface area contributed by atoms with Gasteiger partial charge in [-0.1, -0.05) is 363 Å². The van der Waals surface area contributed by atoms with Crippen molar-refractivity contribution in [1.82, 2.24) is 0 Å². The number of ether oxygens (including phenoxy) is 4. The molecule has 17 nitrogen and oxygen atoms in total. The van der Waals surface area contributed by atoms with Crippen LogP contribution in [0, 0.1) is 17.8 Å². The predicted octanol–water partition coefficient (Wildman–Crippen LogP) is 23.7. The molecule has 19 heteroatoms. The molecule has 3 unspecified atom stereocenters. The molecule has 0 aliphatic rings. The number of phosphoric ester groups is 2. The molecule has 0 rings (SSSR count). The van der Waals surface area contributed by atoms with E-state index in [0.717, 1.165) is 108 Å². The van der Waals surface area contributed by atoms with Crippen molar-refractivity contribution < 1.29 is 80.2 Å². The number of esters is 4. The minimum Gasteiger partial charge on any atom is -0.462 e. The Morgan fingerprint density at radius 1 is 0.293 bits per heavy atom. The number of aliphatic hydroxyl groups excluding tert-OH is 1. The van der Waals surface area contributed by atoms with E-state index in [9.17, 15) is 43.2 Å². The van der Waals surface area contributed by atoms with Crippen LogP contribution in [0.25, 0.3) is 0 Å². The minimum absolute atomic E-state index is 0.106. The van der Waals surface area contributed by atoms with E-state index in [1.165, 1.54) is 225 Å². The molecule has 0 aromatic rings. The molecule has 3 N–H and O–H groups in total. The summed E-state index contributed by atoms with van der Waals surface area (Å²) < 4.78 is 68.7. The molecule has 0 fully saturated rings. The Kier molecular flexibility index (Phi) is 69.0. The van der Waals surface area contributed by atoms with Gasteiger partial charge < -0.3 is 33.8 Å². The lowest BCUT2D eigenvalue weighted by atomic mass is 9.99. The Morgan fingerprint density at radius 3 is 0.768 bits per heavy atom. The van der Waals surface area contributed by atoms with Crippen LogP contribution in [-0.4, -0.2) is 96.7 Å². The van der Waals surface area contributed by atoms with Crippen LogP contribution in [0.15, 0.2) is 0 Å². The summed E-state index contributed by atoms with van der Waals surface area (Å²) in [5.41, 5.74) is 0. The number of unbranched alkanes of at least 4 members (excludes halogenated alkanes) is 45. The van der Waals surface area contributed by atoms with Crippen LogP contribution in [-0.2, 0) is 65.4 Å². The highest BCUT2D eigenvalue weighted by molar-refractivity contribution is 7.47. The number of carbonyl (C=O) groups is 4. The Bertz CT molecular complexity index is 1920. The molecule has 6 atom stereocenters. The number of phosphoric acid groups is 2. The molecule has 588 valence electrons. The first-order valence-electron chi connectivity index (χ1n) is 41.4. The summed E-state index contributed by atoms with van der Waals surface area (Å²) in [7, 11) is -9.92. The molecule has 0 spiro atoms. The normalized spacial score (nSPS) is 14.3. The lowest BCUT2D eigenvalue weighted by Crippen LogP contribution is -2.30. The van der Waals surface area contributed by atoms with Gasteiger partial charge in [0, 0.05) is 25.7 Å². The van der Waals surface area contributed by atoms with Crippen molar-refractivity contribution in [2.75, 3.05) is 39.6 Å². The van der Waals surface area contributed by atoms with E-state index >= 15 is 0 Å². The summed E-state index contributed by atoms with van der Waals surface area (Å²) in [6.45, 7) is 12.0. The Hall–Kier alpha value is -1.94. The van der Waals surface area contributed by atoms with Crippen LogP contribution in [0.2, 0.25) is 0 Å². The first-order chi connectivity index (χ1) is 47.8. The second-order valence-electron chi connectivity index (χ2n) is 30.0. The number of carbonyl (C=O) groups excluding carboxylic acids is 4. The lowest BCUT2D eigenvalue weighted by Gasteiger charge is -2.21. The molecule has 0 aliphatic carbocycles. The van der Waals surface area contributed by atoms with E-state index in [1.54, 1.807) is 0 Å². The zero-order valence-corrected chi connectivity index (χ0v) is 66.8. The van der Waals surface area contributed by atoms with E-state index in [-0.39, 0.29) is 25.7 Å². The fourth-order valence-electron chi connectivity index (χ4n) is 12.3. The summed E-state index contributed by atoms with van der Waals surface area (Å²) >= 11 is 0. The van der Waals surface area contributed by atoms with Crippen molar-refractivity contribution in [3.05, 3.63) is 0 Å². The Labute approximate surface area is 607 Å². The van der Waals surface area contributed by atoms with Crippen molar-refractivity contribution in [2.24, 2.45) is 17.8 Å². The van der Waals surface area contributed by atoms with Gasteiger partial charge in [0.15, 0.2) is 12.2 Å². The standard InChI is InChI=1S/C80H156O17P2/c1-8-10-11-12-13-14-23-33-40-47-54-61-77(82)90-67-76(97-80(85)64-57-50-43-36-29-27-31-38-45-52-59-72(5)6)70-95-99(88,89)93-66-74(81)65-92-98(86,87)94-69-75(68-91-78(83)62-55-48-41-34-28-26-30-37-44-51-58-71(3)4)96-79(84)63-56-49-42-35-25-22-20-18-16-15-17-19-21-24-32-39-46-53-60-73(7)9-2/h71-76,81H,8-70H2,1-7H3,(H,86,87)(H,88,89)/t73?,74-,75-,76-/m1/s1. The highest BCUT2D eigenvalue weighted by atomic mass is 31.2. The lowest BCUT2D eigenvalue weighted by molar-refractivity contribution is -0.161. The smallest absolute Gasteiger partial charge is 0.462 e. The maximum atomic E-state index is 13.1. The number of hydrogen-bond donors (Lipinski definition) is 3. The minimum atomic E-state index is -4.96. The van der Waals surface area contributed by atoms with E-state index < -0.39 is 97.5 Å². The third-order valence-electron chi connectivity index (χ3n) is 19.0. The molecule has 0 heterocycles. The summed E-state index contributed by atoms with van der Waals surface area (Å²) in [6.07, 6.45) is 58.2. The van der Waals surface area contributed by atoms with Crippen molar-refractivity contribution >= 4 is 39.5 Å². The zero-order chi connectivity index (χ0) is 73.0. The maximum Gasteiger partial charge on any atom is 0.472 e. The first-order valence-corrected chi connectivity index (χ1v) is 44.4. The highest BCUT2D eigenvalue weighted by Crippen LogP contribution is 2.45. The summed E-state index contributed by atoms with van der Waals surface area (Å²) in [4.78, 5) is 72.9. The molecule has 0 amide bonds. The van der Waals surface area contributed by atoms with Crippen LogP contribution in [0.3, 0.4) is 0 Å². The second-order valence-corrected chi connectivity index (χ2v) is 32.9. The monoisotopic (exact) mass is 1450 g/mol. The molecule has 0 aromatic carbocycles. The molecule has 0 bridgehead atoms. The number of aliphatic hydroxyl groups is 1. The number of hydrogen-bond acceptors (Lipinski definition) is 15. The summed E-state index contributed by atoms with van der Waals surface area (Å²) in [6, 6.07) is 0. The van der Waals surface area contributed by atoms with E-state index in [4.69, 9.17) is 37.0 Å². The SMILES string of the molecule is CCCCCCCCCCCCCC(=O)OC[C@H](COP(=O)(O)OC[C@H](O)COP(=O)(O)OC[C@@H](COC(=O)CCCCCCCCCCCCC(C)C)OC(=O)CCCCCCCCCCCCCCCCCCCCC(C)CC)OC(=O)CCCCCCCCCCCCC(C)C. The summed E-state index contributed by atoms with van der Waals surface area (Å²) in [5, 5.41) is 10.6. The van der Waals surface area contributed by atoms with Gasteiger partial charge in [-0.15, -0.1) is 0 Å². The van der Waals surface area contributed by atoms with Crippen LogP contribution < -0.4 is 0 Å². The Morgan fingerprint density at radius 2 is 0.515 bits per heavy atom. The third-order valence-corrected chi connectivity index (χ3v) is 20.9. The molecular weight excluding hydrogens is 1290 g/mol. The van der Waals surface area contributed by atoms with Crippen molar-refractivity contribution in [1.29, 1.82) is 0 Å². The van der Waals surface area contributed by atoms with Crippen molar-refractivity contribution in [3.8, 4) is 0 Å². The Balaban J connectivity index is 5.21. The largest absolute Gasteiger partial charge is 0.472 e. The van der Waals surface area contributed by atoms with Crippen molar-refractivity contribution in [2.45, 2.75) is 433 Å². The van der Waals surface area contributed by atoms with E-state index in [0.29, 0.717) is 25.7 Å². The van der Waals surface area contributed by atoms with Crippen LogP contribution in [0.5, 0.6) is 0 Å². The molecular formula is C80H156O17P2. The molecule has 99 heavy (non-hydrogen) atoms. The molecule has 0 aromatic heterocycles. The van der Waals surface area contributed by atoms with Gasteiger partial charge in [-0.05, 0) is 43.4 Å². The quantitative estimate of drug-likeness (QED) is 0.0222. The van der Waals surface area contributed by atoms with Gasteiger partial charge in [0.25, 0.3) is 0 Å². The van der Waals surface area contributed by atoms with Gasteiger partial charge in [0.05, 0.1) is 26.4 Å². The third kappa shape index (κ3) is 72.8. The fourth-order valence-corrected chi connectivity index (χ4v) is 13.9. The molecule has 0 saturated carbocycles. The average Bonchev–Trinajstić information content (AvgIpc) is 0.982. The van der Waals surface area contributed by atoms with Gasteiger partial charge in [0.1, 0.15) is 19.3 Å². The predicted molar refractivity (Wildman–Crippen MR) is 405 cm³/mol. The van der Waals surface area contributed by atoms with Gasteiger partial charge in [-0.2, -0.15) is 0 Å². The van der Waals surface area contributed by atoms with Gasteiger partial charge in [0.2, 0.25) is 0 Å². The summed E-state index contributed by atoms with van der Waals surface area (Å²) in [5.74, 6) is 0.269. The van der Waals surface area contributed by atoms with Crippen molar-refractivity contribution in [3.63, 3.8) is 0 Å². The fraction of sp³-hybridized carbons (Fsp3) is 0.950. The average molecular weight is 1450 g/mol. The maximum absolute atomic E-state index is 13.1. The van der Waals surface area contributed by atoms with Gasteiger partial charge in [-0.25, -0.2) is 9.13 Å². The molecule has 0 aliphatic heterocycles. The molecule has 0 radical (unpaired) electrons. The first kappa shape index (κ1) is 97.1. The van der Waals surface area contributed by atoms with E-state index in [2.05, 4.69) is 48.5 Å². The highest BCUT2D eigenvalue weighted by Gasteiger charge is 2.30. The number of rotatable bonds is 78. The topological polar surface area (TPSA) is 237 Å². The molecule has 0 saturated heterocycles. The second kappa shape index (κ2) is 70.4. The van der Waals surface area contributed by atoms with Gasteiger partial charge >= 0.3 is 39.5 Å². The van der Waals surface area contributed by atoms with Crippen LogP contribution in [0.1, 0.15) is 414 Å². The van der Waals surface area contributed by atoms with Crippen LogP contribution >= 0.6 is 15.6 Å². The van der Waals surface area contributed by atoms with Gasteiger partial charge in [-0.3, -0.25) is 37.3 Å². The van der Waals surface area contributed by atoms with E-state index in [1.807, 2.05) is 0 Å². The van der Waals surface area contributed by atoms with Crippen LogP contribution in [0.4, 0.5) is 0 Å².